The van der Waals surface area contributed by atoms with Gasteiger partial charge in [-0.15, -0.1) is 13.2 Å². The maximum atomic E-state index is 12.2. The first-order valence-corrected chi connectivity index (χ1v) is 6.44. The summed E-state index contributed by atoms with van der Waals surface area (Å²) in [5.74, 6) is -0.284. The molecule has 0 atom stereocenters. The lowest BCUT2D eigenvalue weighted by molar-refractivity contribution is -0.274. The topological polar surface area (TPSA) is 67.0 Å². The molecule has 1 fully saturated rings. The summed E-state index contributed by atoms with van der Waals surface area (Å²) in [7, 11) is 0. The Morgan fingerprint density at radius 1 is 1.43 bits per heavy atom. The quantitative estimate of drug-likeness (QED) is 0.912. The van der Waals surface area contributed by atoms with Crippen molar-refractivity contribution in [2.24, 2.45) is 5.92 Å². The van der Waals surface area contributed by atoms with E-state index in [9.17, 15) is 18.0 Å². The maximum Gasteiger partial charge on any atom is 0.573 e. The number of aromatic nitrogens is 2. The number of fused-ring (bicyclic) bond motifs is 1. The molecule has 0 aliphatic heterocycles. The molecular weight excluding hydrogens is 287 g/mol. The first-order chi connectivity index (χ1) is 9.92. The zero-order chi connectivity index (χ0) is 15.0. The second kappa shape index (κ2) is 4.94. The summed E-state index contributed by atoms with van der Waals surface area (Å²) < 4.78 is 40.5. The molecule has 1 aliphatic rings. The summed E-state index contributed by atoms with van der Waals surface area (Å²) in [5.41, 5.74) is 0.541. The normalized spacial score (nSPS) is 15.2. The van der Waals surface area contributed by atoms with Crippen LogP contribution in [0.5, 0.6) is 5.75 Å². The molecule has 0 saturated heterocycles. The van der Waals surface area contributed by atoms with E-state index in [0.29, 0.717) is 23.4 Å². The van der Waals surface area contributed by atoms with E-state index in [1.165, 1.54) is 12.1 Å². The summed E-state index contributed by atoms with van der Waals surface area (Å²) in [4.78, 5) is 12.0. The minimum absolute atomic E-state index is 0.0678. The largest absolute Gasteiger partial charge is 0.573 e. The number of amides is 1. The van der Waals surface area contributed by atoms with Gasteiger partial charge in [-0.25, -0.2) is 0 Å². The Kier molecular flexibility index (Phi) is 3.23. The van der Waals surface area contributed by atoms with E-state index in [1.807, 2.05) is 0 Å². The maximum absolute atomic E-state index is 12.2. The molecular formula is C13H12F3N3O2. The predicted octanol–water partition coefficient (Wildman–Crippen LogP) is 2.60. The Bertz CT molecular complexity index is 677. The molecule has 8 heteroatoms. The number of aromatic amines is 1. The van der Waals surface area contributed by atoms with Crippen molar-refractivity contribution < 1.29 is 22.7 Å². The van der Waals surface area contributed by atoms with Crippen LogP contribution in [0.25, 0.3) is 10.9 Å². The highest BCUT2D eigenvalue weighted by Crippen LogP contribution is 2.29. The van der Waals surface area contributed by atoms with Crippen molar-refractivity contribution >= 4 is 16.8 Å². The summed E-state index contributed by atoms with van der Waals surface area (Å²) in [6.45, 7) is 0.561. The summed E-state index contributed by atoms with van der Waals surface area (Å²) in [6.07, 6.45) is -2.60. The number of H-pyrrole nitrogens is 1. The van der Waals surface area contributed by atoms with Gasteiger partial charge in [0.25, 0.3) is 5.91 Å². The van der Waals surface area contributed by atoms with Crippen LogP contribution >= 0.6 is 0 Å². The number of halogens is 3. The van der Waals surface area contributed by atoms with E-state index in [2.05, 4.69) is 20.3 Å². The molecule has 0 bridgehead atoms. The highest BCUT2D eigenvalue weighted by Gasteiger charge is 2.31. The molecule has 0 radical (unpaired) electrons. The fourth-order valence-corrected chi connectivity index (χ4v) is 2.01. The van der Waals surface area contributed by atoms with Crippen molar-refractivity contribution in [1.29, 1.82) is 0 Å². The fraction of sp³-hybridized carbons (Fsp3) is 0.385. The van der Waals surface area contributed by atoms with Gasteiger partial charge in [-0.05, 0) is 37.0 Å². The first-order valence-electron chi connectivity index (χ1n) is 6.44. The number of carbonyl (C=O) groups excluding carboxylic acids is 1. The monoisotopic (exact) mass is 299 g/mol. The third-order valence-electron chi connectivity index (χ3n) is 3.23. The lowest BCUT2D eigenvalue weighted by Gasteiger charge is -2.08. The number of benzene rings is 1. The van der Waals surface area contributed by atoms with Crippen molar-refractivity contribution in [3.8, 4) is 5.75 Å². The fourth-order valence-electron chi connectivity index (χ4n) is 2.01. The number of hydrogen-bond donors (Lipinski definition) is 2. The number of nitrogens with zero attached hydrogens (tertiary/aromatic N) is 1. The van der Waals surface area contributed by atoms with Gasteiger partial charge >= 0.3 is 6.36 Å². The number of rotatable bonds is 4. The molecule has 21 heavy (non-hydrogen) atoms. The van der Waals surface area contributed by atoms with Crippen LogP contribution in [0.1, 0.15) is 23.3 Å². The van der Waals surface area contributed by atoms with E-state index in [0.717, 1.165) is 18.9 Å². The van der Waals surface area contributed by atoms with Gasteiger partial charge in [0.1, 0.15) is 5.75 Å². The number of alkyl halides is 3. The third kappa shape index (κ3) is 3.26. The van der Waals surface area contributed by atoms with Crippen LogP contribution in [0.3, 0.4) is 0 Å². The zero-order valence-electron chi connectivity index (χ0n) is 10.8. The standard InChI is InChI=1S/C13H12F3N3O2/c14-13(15,16)21-8-3-4-10-9(5-8)11(19-18-10)12(20)17-6-7-1-2-7/h3-5,7H,1-2,6H2,(H,17,20)(H,18,19). The highest BCUT2D eigenvalue weighted by atomic mass is 19.4. The molecule has 0 unspecified atom stereocenters. The molecule has 1 saturated carbocycles. The van der Waals surface area contributed by atoms with E-state index in [4.69, 9.17) is 0 Å². The molecule has 5 nitrogen and oxygen atoms in total. The molecule has 2 aromatic rings. The van der Waals surface area contributed by atoms with Crippen LogP contribution < -0.4 is 10.1 Å². The van der Waals surface area contributed by atoms with E-state index in [1.54, 1.807) is 0 Å². The second-order valence-corrected chi connectivity index (χ2v) is 4.98. The molecule has 2 N–H and O–H groups in total. The van der Waals surface area contributed by atoms with Gasteiger partial charge in [0.15, 0.2) is 5.69 Å². The van der Waals surface area contributed by atoms with Gasteiger partial charge in [0, 0.05) is 11.9 Å². The van der Waals surface area contributed by atoms with Crippen molar-refractivity contribution in [2.75, 3.05) is 6.54 Å². The predicted molar refractivity (Wildman–Crippen MR) is 67.8 cm³/mol. The van der Waals surface area contributed by atoms with Crippen molar-refractivity contribution in [2.45, 2.75) is 19.2 Å². The van der Waals surface area contributed by atoms with Gasteiger partial charge in [0.05, 0.1) is 5.52 Å². The molecule has 3 rings (SSSR count). The van der Waals surface area contributed by atoms with E-state index in [-0.39, 0.29) is 11.4 Å². The summed E-state index contributed by atoms with van der Waals surface area (Å²) >= 11 is 0. The van der Waals surface area contributed by atoms with Crippen LogP contribution in [-0.2, 0) is 0 Å². The minimum Gasteiger partial charge on any atom is -0.406 e. The van der Waals surface area contributed by atoms with Crippen LogP contribution in [0.4, 0.5) is 13.2 Å². The molecule has 112 valence electrons. The Labute approximate surface area is 117 Å². The third-order valence-corrected chi connectivity index (χ3v) is 3.23. The van der Waals surface area contributed by atoms with Crippen molar-refractivity contribution in [1.82, 2.24) is 15.5 Å². The first kappa shape index (κ1) is 13.7. The number of nitrogens with one attached hydrogen (secondary N) is 2. The molecule has 1 heterocycles. The minimum atomic E-state index is -4.77. The van der Waals surface area contributed by atoms with Crippen LogP contribution in [-0.4, -0.2) is 29.0 Å². The van der Waals surface area contributed by atoms with Crippen molar-refractivity contribution in [3.63, 3.8) is 0 Å². The lowest BCUT2D eigenvalue weighted by atomic mass is 10.2. The lowest BCUT2D eigenvalue weighted by Crippen LogP contribution is -2.26. The van der Waals surface area contributed by atoms with Crippen LogP contribution in [0, 0.1) is 5.92 Å². The Morgan fingerprint density at radius 2 is 2.19 bits per heavy atom. The van der Waals surface area contributed by atoms with Gasteiger partial charge in [-0.3, -0.25) is 9.89 Å². The highest BCUT2D eigenvalue weighted by molar-refractivity contribution is 6.05. The van der Waals surface area contributed by atoms with Crippen LogP contribution in [0.15, 0.2) is 18.2 Å². The summed E-state index contributed by atoms with van der Waals surface area (Å²) in [6, 6.07) is 3.71. The Morgan fingerprint density at radius 3 is 2.86 bits per heavy atom. The van der Waals surface area contributed by atoms with Crippen LogP contribution in [0.2, 0.25) is 0 Å². The number of carbonyl (C=O) groups is 1. The molecule has 1 aliphatic carbocycles. The average molecular weight is 299 g/mol. The molecule has 1 aromatic carbocycles. The van der Waals surface area contributed by atoms with E-state index >= 15 is 0 Å². The van der Waals surface area contributed by atoms with E-state index < -0.39 is 12.3 Å². The Hall–Kier alpha value is -2.25. The second-order valence-electron chi connectivity index (χ2n) is 4.98. The Balaban J connectivity index is 1.84. The smallest absolute Gasteiger partial charge is 0.406 e. The molecule has 1 aromatic heterocycles. The van der Waals surface area contributed by atoms with Gasteiger partial charge < -0.3 is 10.1 Å². The van der Waals surface area contributed by atoms with Gasteiger partial charge in [-0.2, -0.15) is 5.10 Å². The number of hydrogen-bond acceptors (Lipinski definition) is 3. The average Bonchev–Trinajstić information content (AvgIpc) is 3.13. The number of ether oxygens (including phenoxy) is 1. The van der Waals surface area contributed by atoms with Gasteiger partial charge in [-0.1, -0.05) is 0 Å². The van der Waals surface area contributed by atoms with Gasteiger partial charge in [0.2, 0.25) is 0 Å². The summed E-state index contributed by atoms with van der Waals surface area (Å²) in [5, 5.41) is 9.49. The zero-order valence-corrected chi connectivity index (χ0v) is 10.8. The molecule has 0 spiro atoms. The van der Waals surface area contributed by atoms with Crippen molar-refractivity contribution in [3.05, 3.63) is 23.9 Å². The molecule has 1 amide bonds. The SMILES string of the molecule is O=C(NCC1CC1)c1n[nH]c2ccc(OC(F)(F)F)cc12.